The SMILES string of the molecule is CC(C)(C)c1nnc(NN)nn1. The molecule has 0 bridgehead atoms. The Bertz CT molecular complexity index is 248. The van der Waals surface area contributed by atoms with E-state index in [9.17, 15) is 0 Å². The van der Waals surface area contributed by atoms with Gasteiger partial charge in [-0.25, -0.2) is 5.84 Å². The Hall–Kier alpha value is -1.30. The summed E-state index contributed by atoms with van der Waals surface area (Å²) in [6.45, 7) is 5.96. The topological polar surface area (TPSA) is 89.6 Å². The Morgan fingerprint density at radius 3 is 1.92 bits per heavy atom. The van der Waals surface area contributed by atoms with Crippen LogP contribution in [0.3, 0.4) is 0 Å². The van der Waals surface area contributed by atoms with Crippen LogP contribution in [0.2, 0.25) is 0 Å². The van der Waals surface area contributed by atoms with Gasteiger partial charge in [-0.05, 0) is 0 Å². The number of hydrazine groups is 1. The summed E-state index contributed by atoms with van der Waals surface area (Å²) in [6.07, 6.45) is 0. The lowest BCUT2D eigenvalue weighted by Crippen LogP contribution is -2.20. The van der Waals surface area contributed by atoms with E-state index in [4.69, 9.17) is 5.84 Å². The molecule has 1 aromatic heterocycles. The Morgan fingerprint density at radius 2 is 1.58 bits per heavy atom. The van der Waals surface area contributed by atoms with Gasteiger partial charge in [0.2, 0.25) is 0 Å². The van der Waals surface area contributed by atoms with Crippen molar-refractivity contribution in [1.29, 1.82) is 0 Å². The maximum Gasteiger partial charge on any atom is 0.276 e. The molecule has 1 aromatic rings. The molecule has 0 unspecified atom stereocenters. The molecule has 3 N–H and O–H groups in total. The zero-order valence-electron chi connectivity index (χ0n) is 7.37. The van der Waals surface area contributed by atoms with Gasteiger partial charge >= 0.3 is 0 Å². The molecule has 0 fully saturated rings. The second-order valence-corrected chi connectivity index (χ2v) is 3.44. The molecule has 1 rings (SSSR count). The number of nitrogens with zero attached hydrogens (tertiary/aromatic N) is 4. The standard InChI is InChI=1S/C6H12N6/c1-6(2,3)4-9-11-5(8-7)12-10-4/h7H2,1-3H3,(H,8,11,12). The van der Waals surface area contributed by atoms with Gasteiger partial charge in [-0.2, -0.15) is 0 Å². The lowest BCUT2D eigenvalue weighted by atomic mass is 9.96. The fraction of sp³-hybridized carbons (Fsp3) is 0.667. The summed E-state index contributed by atoms with van der Waals surface area (Å²) in [5.74, 6) is 5.88. The molecule has 0 amide bonds. The molecule has 0 atom stereocenters. The average molecular weight is 168 g/mol. The first-order valence-corrected chi connectivity index (χ1v) is 3.58. The number of nitrogens with two attached hydrogens (primary N) is 1. The minimum Gasteiger partial charge on any atom is -0.290 e. The van der Waals surface area contributed by atoms with E-state index in [0.717, 1.165) is 0 Å². The van der Waals surface area contributed by atoms with Crippen molar-refractivity contribution in [1.82, 2.24) is 20.4 Å². The largest absolute Gasteiger partial charge is 0.290 e. The summed E-state index contributed by atoms with van der Waals surface area (Å²) in [7, 11) is 0. The first-order chi connectivity index (χ1) is 5.54. The molecule has 0 saturated carbocycles. The van der Waals surface area contributed by atoms with Gasteiger partial charge in [-0.15, -0.1) is 20.4 Å². The number of nitrogen functional groups attached to an aromatic ring is 1. The Kier molecular flexibility index (Phi) is 2.18. The molecule has 6 heteroatoms. The molecule has 66 valence electrons. The monoisotopic (exact) mass is 168 g/mol. The minimum atomic E-state index is -0.132. The number of aromatic nitrogens is 4. The number of hydrogen-bond acceptors (Lipinski definition) is 6. The normalized spacial score (nSPS) is 11.3. The van der Waals surface area contributed by atoms with E-state index in [-0.39, 0.29) is 11.4 Å². The number of hydrogen-bond donors (Lipinski definition) is 2. The lowest BCUT2D eigenvalue weighted by Gasteiger charge is -2.13. The quantitative estimate of drug-likeness (QED) is 0.447. The van der Waals surface area contributed by atoms with Crippen LogP contribution in [0.25, 0.3) is 0 Å². The van der Waals surface area contributed by atoms with Crippen molar-refractivity contribution < 1.29 is 0 Å². The van der Waals surface area contributed by atoms with Gasteiger partial charge < -0.3 is 0 Å². The molecule has 0 saturated heterocycles. The van der Waals surface area contributed by atoms with E-state index in [1.807, 2.05) is 20.8 Å². The van der Waals surface area contributed by atoms with Gasteiger partial charge in [-0.3, -0.25) is 5.43 Å². The molecule has 6 nitrogen and oxygen atoms in total. The third-order valence-corrected chi connectivity index (χ3v) is 1.28. The van der Waals surface area contributed by atoms with Gasteiger partial charge in [0.05, 0.1) is 0 Å². The van der Waals surface area contributed by atoms with Crippen molar-refractivity contribution in [2.24, 2.45) is 5.84 Å². The third kappa shape index (κ3) is 1.85. The molecule has 0 aliphatic rings. The zero-order chi connectivity index (χ0) is 9.19. The van der Waals surface area contributed by atoms with E-state index >= 15 is 0 Å². The lowest BCUT2D eigenvalue weighted by molar-refractivity contribution is 0.519. The molecule has 12 heavy (non-hydrogen) atoms. The van der Waals surface area contributed by atoms with Crippen LogP contribution in [-0.2, 0) is 5.41 Å². The second-order valence-electron chi connectivity index (χ2n) is 3.44. The molecular formula is C6H12N6. The van der Waals surface area contributed by atoms with Gasteiger partial charge in [-0.1, -0.05) is 20.8 Å². The van der Waals surface area contributed by atoms with Crippen molar-refractivity contribution >= 4 is 5.95 Å². The van der Waals surface area contributed by atoms with Crippen LogP contribution in [0.15, 0.2) is 0 Å². The molecular weight excluding hydrogens is 156 g/mol. The molecule has 0 spiro atoms. The molecule has 0 radical (unpaired) electrons. The van der Waals surface area contributed by atoms with Crippen molar-refractivity contribution in [2.45, 2.75) is 26.2 Å². The fourth-order valence-electron chi connectivity index (χ4n) is 0.587. The highest BCUT2D eigenvalue weighted by atomic mass is 15.4. The predicted molar refractivity (Wildman–Crippen MR) is 44.1 cm³/mol. The molecule has 1 heterocycles. The number of anilines is 1. The van der Waals surface area contributed by atoms with E-state index < -0.39 is 0 Å². The highest BCUT2D eigenvalue weighted by Gasteiger charge is 2.18. The summed E-state index contributed by atoms with van der Waals surface area (Å²) in [6, 6.07) is 0. The Morgan fingerprint density at radius 1 is 1.08 bits per heavy atom. The summed E-state index contributed by atoms with van der Waals surface area (Å²) in [5, 5.41) is 15.1. The van der Waals surface area contributed by atoms with Gasteiger partial charge in [0.25, 0.3) is 5.95 Å². The first-order valence-electron chi connectivity index (χ1n) is 3.58. The second kappa shape index (κ2) is 2.98. The predicted octanol–water partition coefficient (Wildman–Crippen LogP) is -0.150. The number of rotatable bonds is 1. The van der Waals surface area contributed by atoms with E-state index in [2.05, 4.69) is 25.8 Å². The first kappa shape index (κ1) is 8.79. The maximum atomic E-state index is 5.05. The van der Waals surface area contributed by atoms with Gasteiger partial charge in [0.15, 0.2) is 5.82 Å². The average Bonchev–Trinajstić information content (AvgIpc) is 2.03. The molecule has 0 aromatic carbocycles. The van der Waals surface area contributed by atoms with Crippen LogP contribution in [0.5, 0.6) is 0 Å². The van der Waals surface area contributed by atoms with Gasteiger partial charge in [0, 0.05) is 5.41 Å². The van der Waals surface area contributed by atoms with Crippen LogP contribution < -0.4 is 11.3 Å². The van der Waals surface area contributed by atoms with Crippen LogP contribution in [0.1, 0.15) is 26.6 Å². The van der Waals surface area contributed by atoms with Crippen molar-refractivity contribution in [3.05, 3.63) is 5.82 Å². The van der Waals surface area contributed by atoms with Gasteiger partial charge in [0.1, 0.15) is 0 Å². The van der Waals surface area contributed by atoms with Crippen molar-refractivity contribution in [2.75, 3.05) is 5.43 Å². The van der Waals surface area contributed by atoms with Crippen LogP contribution in [0.4, 0.5) is 5.95 Å². The summed E-state index contributed by atoms with van der Waals surface area (Å²) in [5.41, 5.74) is 2.13. The number of nitrogens with one attached hydrogen (secondary N) is 1. The van der Waals surface area contributed by atoms with Crippen molar-refractivity contribution in [3.8, 4) is 0 Å². The van der Waals surface area contributed by atoms with Crippen LogP contribution >= 0.6 is 0 Å². The van der Waals surface area contributed by atoms with Crippen LogP contribution in [-0.4, -0.2) is 20.4 Å². The van der Waals surface area contributed by atoms with E-state index in [1.54, 1.807) is 0 Å². The highest BCUT2D eigenvalue weighted by Crippen LogP contribution is 2.15. The molecule has 0 aliphatic heterocycles. The fourth-order valence-corrected chi connectivity index (χ4v) is 0.587. The smallest absolute Gasteiger partial charge is 0.276 e. The van der Waals surface area contributed by atoms with E-state index in [1.165, 1.54) is 0 Å². The Balaban J connectivity index is 2.93. The molecule has 0 aliphatic carbocycles. The maximum absolute atomic E-state index is 5.05. The summed E-state index contributed by atoms with van der Waals surface area (Å²) in [4.78, 5) is 0. The van der Waals surface area contributed by atoms with Crippen LogP contribution in [0, 0.1) is 0 Å². The van der Waals surface area contributed by atoms with Crippen molar-refractivity contribution in [3.63, 3.8) is 0 Å². The summed E-state index contributed by atoms with van der Waals surface area (Å²) >= 11 is 0. The zero-order valence-corrected chi connectivity index (χ0v) is 7.37. The minimum absolute atomic E-state index is 0.132. The Labute approximate surface area is 70.6 Å². The summed E-state index contributed by atoms with van der Waals surface area (Å²) < 4.78 is 0. The highest BCUT2D eigenvalue weighted by molar-refractivity contribution is 5.15. The van der Waals surface area contributed by atoms with E-state index in [0.29, 0.717) is 5.82 Å². The third-order valence-electron chi connectivity index (χ3n) is 1.28.